The fourth-order valence-electron chi connectivity index (χ4n) is 2.47. The van der Waals surface area contributed by atoms with Crippen molar-refractivity contribution in [2.75, 3.05) is 0 Å². The summed E-state index contributed by atoms with van der Waals surface area (Å²) < 4.78 is 211. The molecular formula is C16H10F16O. The summed E-state index contributed by atoms with van der Waals surface area (Å²) in [7, 11) is 0. The average molecular weight is 522 g/mol. The monoisotopic (exact) mass is 522 g/mol. The van der Waals surface area contributed by atoms with Crippen molar-refractivity contribution in [2.24, 2.45) is 0 Å². The van der Waals surface area contributed by atoms with Crippen molar-refractivity contribution < 1.29 is 75.4 Å². The summed E-state index contributed by atoms with van der Waals surface area (Å²) in [5.74, 6) is -48.7. The molecule has 192 valence electrons. The van der Waals surface area contributed by atoms with Gasteiger partial charge in [0, 0.05) is 0 Å². The van der Waals surface area contributed by atoms with E-state index in [1.807, 2.05) is 0 Å². The lowest BCUT2D eigenvalue weighted by atomic mass is 9.84. The van der Waals surface area contributed by atoms with Gasteiger partial charge in [-0.2, -0.15) is 65.9 Å². The van der Waals surface area contributed by atoms with Crippen LogP contribution in [0.2, 0.25) is 0 Å². The van der Waals surface area contributed by atoms with Gasteiger partial charge in [-0.25, -0.2) is 4.39 Å². The van der Waals surface area contributed by atoms with Gasteiger partial charge in [-0.05, 0) is 24.6 Å². The molecule has 0 aliphatic heterocycles. The first kappa shape index (κ1) is 29.1. The Morgan fingerprint density at radius 3 is 1.42 bits per heavy atom. The van der Waals surface area contributed by atoms with Crippen molar-refractivity contribution in [1.82, 2.24) is 0 Å². The first-order valence-corrected chi connectivity index (χ1v) is 8.03. The molecule has 33 heavy (non-hydrogen) atoms. The van der Waals surface area contributed by atoms with Crippen LogP contribution in [0, 0.1) is 5.82 Å². The molecule has 0 fully saturated rings. The van der Waals surface area contributed by atoms with Crippen molar-refractivity contribution in [2.45, 2.75) is 60.7 Å². The highest BCUT2D eigenvalue weighted by Gasteiger charge is 2.93. The maximum absolute atomic E-state index is 14.0. The van der Waals surface area contributed by atoms with Crippen LogP contribution in [0.3, 0.4) is 0 Å². The molecule has 1 atom stereocenters. The minimum absolute atomic E-state index is 0.161. The van der Waals surface area contributed by atoms with Crippen molar-refractivity contribution in [3.8, 4) is 0 Å². The second-order valence-electron chi connectivity index (χ2n) is 7.04. The van der Waals surface area contributed by atoms with Crippen LogP contribution in [-0.2, 0) is 5.60 Å². The molecule has 1 N–H and O–H groups in total. The quantitative estimate of drug-likeness (QED) is 0.373. The first-order chi connectivity index (χ1) is 14.2. The van der Waals surface area contributed by atoms with Crippen LogP contribution in [0.25, 0.3) is 0 Å². The highest BCUT2D eigenvalue weighted by molar-refractivity contribution is 5.24. The lowest BCUT2D eigenvalue weighted by molar-refractivity contribution is -0.453. The van der Waals surface area contributed by atoms with E-state index in [0.717, 1.165) is 0 Å². The van der Waals surface area contributed by atoms with Gasteiger partial charge >= 0.3 is 41.7 Å². The maximum Gasteiger partial charge on any atom is 0.460 e. The molecule has 1 nitrogen and oxygen atoms in total. The van der Waals surface area contributed by atoms with E-state index in [1.165, 1.54) is 0 Å². The number of aliphatic hydroxyl groups is 1. The summed E-state index contributed by atoms with van der Waals surface area (Å²) in [6, 6.07) is 2.10. The van der Waals surface area contributed by atoms with Gasteiger partial charge in [0.15, 0.2) is 0 Å². The zero-order valence-electron chi connectivity index (χ0n) is 15.5. The van der Waals surface area contributed by atoms with E-state index in [9.17, 15) is 75.4 Å². The zero-order valence-corrected chi connectivity index (χ0v) is 15.5. The smallest absolute Gasteiger partial charge is 0.385 e. The van der Waals surface area contributed by atoms with Crippen LogP contribution in [-0.4, -0.2) is 46.8 Å². The molecule has 0 radical (unpaired) electrons. The minimum atomic E-state index is -8.41. The SMILES string of the molecule is CC(O)(CC(F)(F)C(F)(F)C(F)(F)C(F)(F)C(F)(F)C(F)(F)C(F)(F)F)c1cccc(F)c1. The molecule has 1 aromatic rings. The van der Waals surface area contributed by atoms with E-state index in [-0.39, 0.29) is 13.0 Å². The van der Waals surface area contributed by atoms with Crippen LogP contribution >= 0.6 is 0 Å². The molecule has 0 saturated carbocycles. The summed E-state index contributed by atoms with van der Waals surface area (Å²) in [5, 5.41) is 9.84. The van der Waals surface area contributed by atoms with E-state index in [4.69, 9.17) is 0 Å². The summed E-state index contributed by atoms with van der Waals surface area (Å²) in [4.78, 5) is 0. The van der Waals surface area contributed by atoms with E-state index >= 15 is 0 Å². The summed E-state index contributed by atoms with van der Waals surface area (Å²) in [6.45, 7) is 0.161. The summed E-state index contributed by atoms with van der Waals surface area (Å²) >= 11 is 0. The standard InChI is InChI=1S/C16H10F16O/c1-9(33,7-3-2-4-8(17)5-7)6-10(18,19)11(20,21)12(22,23)13(24,25)14(26,27)15(28,29)16(30,31)32/h2-5,33H,6H2,1H3. The Bertz CT molecular complexity index is 854. The van der Waals surface area contributed by atoms with Crippen molar-refractivity contribution in [3.63, 3.8) is 0 Å². The molecule has 1 rings (SSSR count). The fourth-order valence-corrected chi connectivity index (χ4v) is 2.47. The lowest BCUT2D eigenvalue weighted by Gasteiger charge is -2.42. The molecule has 17 heteroatoms. The second kappa shape index (κ2) is 7.80. The van der Waals surface area contributed by atoms with Crippen LogP contribution < -0.4 is 0 Å². The number of halogens is 16. The Labute approximate surface area is 173 Å². The molecule has 0 heterocycles. The third kappa shape index (κ3) is 4.32. The van der Waals surface area contributed by atoms with Gasteiger partial charge in [0.1, 0.15) is 5.82 Å². The summed E-state index contributed by atoms with van der Waals surface area (Å²) in [6.07, 6.45) is -10.7. The van der Waals surface area contributed by atoms with Crippen molar-refractivity contribution in [1.29, 1.82) is 0 Å². The second-order valence-corrected chi connectivity index (χ2v) is 7.04. The zero-order chi connectivity index (χ0) is 26.7. The minimum Gasteiger partial charge on any atom is -0.385 e. The largest absolute Gasteiger partial charge is 0.460 e. The van der Waals surface area contributed by atoms with Crippen molar-refractivity contribution in [3.05, 3.63) is 35.6 Å². The third-order valence-corrected chi connectivity index (χ3v) is 4.41. The van der Waals surface area contributed by atoms with Gasteiger partial charge in [0.2, 0.25) is 0 Å². The topological polar surface area (TPSA) is 20.2 Å². The molecule has 1 aromatic carbocycles. The van der Waals surface area contributed by atoms with Crippen molar-refractivity contribution >= 4 is 0 Å². The van der Waals surface area contributed by atoms with Crippen LogP contribution in [0.15, 0.2) is 24.3 Å². The number of benzene rings is 1. The maximum atomic E-state index is 14.0. The van der Waals surface area contributed by atoms with Crippen LogP contribution in [0.4, 0.5) is 70.2 Å². The molecule has 0 bridgehead atoms. The Balaban J connectivity index is 3.54. The lowest BCUT2D eigenvalue weighted by Crippen LogP contribution is -2.72. The van der Waals surface area contributed by atoms with E-state index in [1.54, 1.807) is 0 Å². The number of alkyl halides is 15. The van der Waals surface area contributed by atoms with E-state index in [0.29, 0.717) is 18.2 Å². The highest BCUT2D eigenvalue weighted by Crippen LogP contribution is 2.63. The molecular weight excluding hydrogens is 512 g/mol. The number of hydrogen-bond donors (Lipinski definition) is 1. The average Bonchev–Trinajstić information content (AvgIpc) is 2.59. The molecule has 0 spiro atoms. The molecule has 0 aromatic heterocycles. The normalized spacial score (nSPS) is 17.2. The van der Waals surface area contributed by atoms with E-state index < -0.39 is 65.1 Å². The predicted molar refractivity (Wildman–Crippen MR) is 76.3 cm³/mol. The Hall–Kier alpha value is -1.94. The number of hydrogen-bond acceptors (Lipinski definition) is 1. The van der Waals surface area contributed by atoms with Crippen LogP contribution in [0.1, 0.15) is 18.9 Å². The molecule has 0 aliphatic carbocycles. The van der Waals surface area contributed by atoms with Gasteiger partial charge in [0.25, 0.3) is 0 Å². The predicted octanol–water partition coefficient (Wildman–Crippen LogP) is 6.80. The van der Waals surface area contributed by atoms with Gasteiger partial charge < -0.3 is 5.11 Å². The fraction of sp³-hybridized carbons (Fsp3) is 0.625. The number of rotatable bonds is 8. The molecule has 1 unspecified atom stereocenters. The van der Waals surface area contributed by atoms with E-state index in [2.05, 4.69) is 0 Å². The Morgan fingerprint density at radius 2 is 1.03 bits per heavy atom. The molecule has 0 amide bonds. The molecule has 0 aliphatic rings. The molecule has 0 saturated heterocycles. The summed E-state index contributed by atoms with van der Waals surface area (Å²) in [5.41, 5.74) is -4.47. The van der Waals surface area contributed by atoms with Gasteiger partial charge in [0.05, 0.1) is 12.0 Å². The Morgan fingerprint density at radius 1 is 0.636 bits per heavy atom. The first-order valence-electron chi connectivity index (χ1n) is 8.03. The third-order valence-electron chi connectivity index (χ3n) is 4.41. The highest BCUT2D eigenvalue weighted by atomic mass is 19.4. The van der Waals surface area contributed by atoms with Gasteiger partial charge in [-0.15, -0.1) is 0 Å². The van der Waals surface area contributed by atoms with Gasteiger partial charge in [-0.1, -0.05) is 12.1 Å². The van der Waals surface area contributed by atoms with Crippen LogP contribution in [0.5, 0.6) is 0 Å². The van der Waals surface area contributed by atoms with Gasteiger partial charge in [-0.3, -0.25) is 0 Å². The Kier molecular flexibility index (Phi) is 6.87.